The largest absolute Gasteiger partial charge is 0.497 e. The van der Waals surface area contributed by atoms with Crippen LogP contribution in [0.1, 0.15) is 82.6 Å². The topological polar surface area (TPSA) is 149 Å². The van der Waals surface area contributed by atoms with E-state index >= 15 is 0 Å². The van der Waals surface area contributed by atoms with Gasteiger partial charge in [-0.05, 0) is 129 Å². The van der Waals surface area contributed by atoms with Crippen LogP contribution in [-0.4, -0.2) is 80.7 Å². The molecule has 0 N–H and O–H groups in total. The van der Waals surface area contributed by atoms with Crippen molar-refractivity contribution in [1.82, 2.24) is 9.97 Å². The number of esters is 4. The zero-order valence-electron chi connectivity index (χ0n) is 38.8. The average Bonchev–Trinajstić information content (AvgIpc) is 3.34. The second-order valence-corrected chi connectivity index (χ2v) is 13.9. The third-order valence-corrected chi connectivity index (χ3v) is 8.79. The van der Waals surface area contributed by atoms with E-state index in [2.05, 4.69) is 61.7 Å². The molecule has 0 aliphatic carbocycles. The van der Waals surface area contributed by atoms with Crippen molar-refractivity contribution in [2.75, 3.05) is 46.9 Å². The van der Waals surface area contributed by atoms with Gasteiger partial charge in [-0.15, -0.1) is 0 Å². The summed E-state index contributed by atoms with van der Waals surface area (Å²) in [4.78, 5) is 53.6. The molecule has 2 aromatic carbocycles. The number of rotatable bonds is 18. The van der Waals surface area contributed by atoms with Gasteiger partial charge in [0.05, 0.1) is 19.6 Å². The lowest BCUT2D eigenvalue weighted by Gasteiger charge is -2.20. The maximum absolute atomic E-state index is 11.7. The minimum Gasteiger partial charge on any atom is -0.497 e. The third-order valence-electron chi connectivity index (χ3n) is 8.79. The highest BCUT2D eigenvalue weighted by molar-refractivity contribution is 7.79. The van der Waals surface area contributed by atoms with Crippen LogP contribution in [0.2, 0.25) is 0 Å². The van der Waals surface area contributed by atoms with Crippen molar-refractivity contribution in [3.05, 3.63) is 151 Å². The van der Waals surface area contributed by atoms with Gasteiger partial charge in [0, 0.05) is 42.5 Å². The standard InChI is InChI=1S/C18H24O5.C16H18O5.C9H13N.C7H7N.CH4S/c1-5-18(2,3)17(20)23-13-12-22-16(19)11-8-14-6-9-15(21-4)10-7-14;1-12(2)16(18)21-11-10-20-15(17)9-6-13-4-7-14(19-3)8-5-13;1-3-8(2)9-4-6-10-7-5-9;1-2-7-3-5-8-6-4-7;1-2/h6-11H,5,12-13H2,1-4H3;4-9H,1,10-11H2,2-3H3;4-8H,3H2,1-2H3;2-6H,1H2;2H,1H3/b11-8+;9-6+;;;. The number of thiol groups is 1. The van der Waals surface area contributed by atoms with Crippen LogP contribution in [0.3, 0.4) is 0 Å². The molecule has 4 aromatic rings. The summed E-state index contributed by atoms with van der Waals surface area (Å²) in [5.74, 6) is 0.395. The van der Waals surface area contributed by atoms with E-state index in [4.69, 9.17) is 28.4 Å². The number of hydrogen-bond acceptors (Lipinski definition) is 13. The lowest BCUT2D eigenvalue weighted by molar-refractivity contribution is -0.157. The van der Waals surface area contributed by atoms with E-state index in [1.165, 1.54) is 24.1 Å². The fourth-order valence-electron chi connectivity index (χ4n) is 4.30. The molecule has 1 unspecified atom stereocenters. The molecular formula is C51H66N2O10S. The number of aromatic nitrogens is 2. The molecule has 2 heterocycles. The first-order chi connectivity index (χ1) is 30.7. The van der Waals surface area contributed by atoms with Crippen molar-refractivity contribution >= 4 is 54.7 Å². The number of carbonyl (C=O) groups is 4. The van der Waals surface area contributed by atoms with Crippen LogP contribution in [0, 0.1) is 5.41 Å². The number of hydrogen-bond donors (Lipinski definition) is 1. The quantitative estimate of drug-likeness (QED) is 0.0333. The smallest absolute Gasteiger partial charge is 0.333 e. The first-order valence-electron chi connectivity index (χ1n) is 20.5. The Morgan fingerprint density at radius 2 is 1.06 bits per heavy atom. The predicted octanol–water partition coefficient (Wildman–Crippen LogP) is 10.5. The number of nitrogens with zero attached hydrogens (tertiary/aromatic N) is 2. The fraction of sp³-hybridized carbons (Fsp3) is 0.333. The van der Waals surface area contributed by atoms with Gasteiger partial charge >= 0.3 is 23.9 Å². The van der Waals surface area contributed by atoms with Crippen LogP contribution in [0.25, 0.3) is 18.2 Å². The van der Waals surface area contributed by atoms with Gasteiger partial charge in [-0.1, -0.05) is 64.3 Å². The van der Waals surface area contributed by atoms with Gasteiger partial charge in [-0.3, -0.25) is 14.8 Å². The van der Waals surface area contributed by atoms with Crippen molar-refractivity contribution in [2.45, 2.75) is 60.3 Å². The number of benzene rings is 2. The molecule has 0 radical (unpaired) electrons. The predicted molar refractivity (Wildman–Crippen MR) is 259 cm³/mol. The average molecular weight is 899 g/mol. The van der Waals surface area contributed by atoms with Crippen molar-refractivity contribution in [1.29, 1.82) is 0 Å². The summed E-state index contributed by atoms with van der Waals surface area (Å²) in [6.07, 6.45) is 18.5. The van der Waals surface area contributed by atoms with Crippen molar-refractivity contribution in [3.8, 4) is 11.5 Å². The molecule has 64 heavy (non-hydrogen) atoms. The molecule has 0 amide bonds. The van der Waals surface area contributed by atoms with E-state index in [9.17, 15) is 19.2 Å². The van der Waals surface area contributed by atoms with Gasteiger partial charge in [-0.2, -0.15) is 12.6 Å². The second kappa shape index (κ2) is 35.0. The van der Waals surface area contributed by atoms with Crippen molar-refractivity contribution in [3.63, 3.8) is 0 Å². The van der Waals surface area contributed by atoms with Crippen molar-refractivity contribution < 1.29 is 47.6 Å². The monoisotopic (exact) mass is 898 g/mol. The van der Waals surface area contributed by atoms with Gasteiger partial charge < -0.3 is 28.4 Å². The summed E-state index contributed by atoms with van der Waals surface area (Å²) < 4.78 is 29.8. The highest BCUT2D eigenvalue weighted by Crippen LogP contribution is 2.21. The summed E-state index contributed by atoms with van der Waals surface area (Å²) >= 11 is 3.53. The zero-order chi connectivity index (χ0) is 48.2. The molecule has 12 nitrogen and oxygen atoms in total. The van der Waals surface area contributed by atoms with Crippen LogP contribution < -0.4 is 9.47 Å². The molecule has 0 aliphatic heterocycles. The van der Waals surface area contributed by atoms with E-state index in [0.717, 1.165) is 28.2 Å². The number of methoxy groups -OCH3 is 2. The van der Waals surface area contributed by atoms with E-state index in [1.807, 2.05) is 69.6 Å². The molecule has 0 aliphatic rings. The van der Waals surface area contributed by atoms with E-state index in [1.54, 1.807) is 82.3 Å². The van der Waals surface area contributed by atoms with Gasteiger partial charge in [0.2, 0.25) is 0 Å². The Morgan fingerprint density at radius 3 is 1.42 bits per heavy atom. The van der Waals surface area contributed by atoms with Crippen LogP contribution in [0.15, 0.2) is 128 Å². The molecule has 0 bridgehead atoms. The minimum absolute atomic E-state index is 0.00477. The number of carbonyl (C=O) groups excluding carboxylic acids is 4. The zero-order valence-corrected chi connectivity index (χ0v) is 39.7. The molecule has 346 valence electrons. The Balaban J connectivity index is 0.000000878. The molecule has 13 heteroatoms. The molecule has 0 saturated carbocycles. The highest BCUT2D eigenvalue weighted by Gasteiger charge is 2.26. The first-order valence-corrected chi connectivity index (χ1v) is 21.4. The normalized spacial score (nSPS) is 10.6. The first kappa shape index (κ1) is 57.5. The lowest BCUT2D eigenvalue weighted by atomic mass is 9.91. The van der Waals surface area contributed by atoms with Gasteiger partial charge in [-0.25, -0.2) is 14.4 Å². The van der Waals surface area contributed by atoms with Gasteiger partial charge in [0.1, 0.15) is 37.9 Å². The molecular weight excluding hydrogens is 833 g/mol. The molecule has 2 aromatic heterocycles. The summed E-state index contributed by atoms with van der Waals surface area (Å²) in [5.41, 5.74) is 4.00. The Labute approximate surface area is 385 Å². The van der Waals surface area contributed by atoms with Gasteiger partial charge in [0.15, 0.2) is 0 Å². The third kappa shape index (κ3) is 26.8. The Morgan fingerprint density at radius 1 is 0.656 bits per heavy atom. The highest BCUT2D eigenvalue weighted by atomic mass is 32.1. The maximum atomic E-state index is 11.7. The van der Waals surface area contributed by atoms with Crippen LogP contribution in [-0.2, 0) is 38.1 Å². The molecule has 1 atom stereocenters. The van der Waals surface area contributed by atoms with Crippen LogP contribution >= 0.6 is 12.6 Å². The number of pyridine rings is 2. The SMILES string of the molecule is C=C(C)C(=O)OCCOC(=O)/C=C/c1ccc(OC)cc1.C=Cc1ccncc1.CCC(C)(C)C(=O)OCCOC(=O)/C=C/c1ccc(OC)cc1.CCC(C)c1ccncc1.CS. The summed E-state index contributed by atoms with van der Waals surface area (Å²) in [5, 5.41) is 0. The van der Waals surface area contributed by atoms with E-state index in [-0.39, 0.29) is 32.4 Å². The molecule has 4 rings (SSSR count). The Kier molecular flexibility index (Phi) is 31.5. The minimum atomic E-state index is -0.516. The summed E-state index contributed by atoms with van der Waals surface area (Å²) in [7, 11) is 3.18. The van der Waals surface area contributed by atoms with Crippen molar-refractivity contribution in [2.24, 2.45) is 5.41 Å². The van der Waals surface area contributed by atoms with E-state index in [0.29, 0.717) is 17.9 Å². The second-order valence-electron chi connectivity index (χ2n) is 13.9. The summed E-state index contributed by atoms with van der Waals surface area (Å²) in [6.45, 7) is 18.7. The lowest BCUT2D eigenvalue weighted by Crippen LogP contribution is -2.27. The molecule has 0 fully saturated rings. The molecule has 0 saturated heterocycles. The number of ether oxygens (including phenoxy) is 6. The van der Waals surface area contributed by atoms with Crippen LogP contribution in [0.4, 0.5) is 0 Å². The Hall–Kier alpha value is -6.47. The summed E-state index contributed by atoms with van der Waals surface area (Å²) in [6, 6.07) is 22.5. The Bertz CT molecular complexity index is 1980. The fourth-order valence-corrected chi connectivity index (χ4v) is 4.30. The van der Waals surface area contributed by atoms with E-state index < -0.39 is 23.3 Å². The van der Waals surface area contributed by atoms with Crippen LogP contribution in [0.5, 0.6) is 11.5 Å². The maximum Gasteiger partial charge on any atom is 0.333 e. The molecule has 0 spiro atoms. The van der Waals surface area contributed by atoms with Gasteiger partial charge in [0.25, 0.3) is 0 Å².